The molecule has 0 radical (unpaired) electrons. The number of unbranched alkanes of at least 4 members (excludes halogenated alkanes) is 1. The van der Waals surface area contributed by atoms with Crippen LogP contribution in [0.1, 0.15) is 56.6 Å². The van der Waals surface area contributed by atoms with Crippen molar-refractivity contribution in [3.8, 4) is 5.75 Å². The van der Waals surface area contributed by atoms with E-state index in [0.717, 1.165) is 55.6 Å². The Morgan fingerprint density at radius 3 is 2.54 bits per heavy atom. The van der Waals surface area contributed by atoms with Gasteiger partial charge in [-0.2, -0.15) is 0 Å². The molecule has 2 amide bonds. The van der Waals surface area contributed by atoms with Crippen molar-refractivity contribution in [3.05, 3.63) is 24.0 Å². The molecule has 2 fully saturated rings. The maximum Gasteiger partial charge on any atom is 0.290 e. The van der Waals surface area contributed by atoms with Crippen LogP contribution in [0.2, 0.25) is 0 Å². The molecule has 3 heterocycles. The summed E-state index contributed by atoms with van der Waals surface area (Å²) in [5, 5.41) is 3.45. The molecule has 2 saturated heterocycles. The van der Waals surface area contributed by atoms with Crippen LogP contribution in [0.25, 0.3) is 11.0 Å². The van der Waals surface area contributed by atoms with Crippen molar-refractivity contribution in [2.75, 3.05) is 53.6 Å². The quantitative estimate of drug-likeness (QED) is 0.401. The number of aromatic nitrogens is 2. The van der Waals surface area contributed by atoms with E-state index in [1.165, 1.54) is 0 Å². The van der Waals surface area contributed by atoms with Gasteiger partial charge in [0, 0.05) is 65.1 Å². The first-order valence-corrected chi connectivity index (χ1v) is 13.8. The average molecular weight is 587 g/mol. The molecule has 1 aromatic carbocycles. The molecule has 2 atom stereocenters. The molecule has 11 heteroatoms. The van der Waals surface area contributed by atoms with E-state index in [1.54, 1.807) is 14.2 Å². The number of ether oxygens (including phenoxy) is 2. The highest BCUT2D eigenvalue weighted by molar-refractivity contribution is 5.95. The number of rotatable bonds is 11. The van der Waals surface area contributed by atoms with Gasteiger partial charge in [-0.25, -0.2) is 4.98 Å². The Hall–Kier alpha value is -2.07. The van der Waals surface area contributed by atoms with Crippen LogP contribution in [-0.2, 0) is 16.1 Å². The van der Waals surface area contributed by atoms with Crippen molar-refractivity contribution in [1.29, 1.82) is 0 Å². The molecule has 0 spiro atoms. The summed E-state index contributed by atoms with van der Waals surface area (Å²) in [4.78, 5) is 36.2. The number of nitrogens with zero attached hydrogens (tertiary/aromatic N) is 4. The van der Waals surface area contributed by atoms with E-state index in [0.29, 0.717) is 50.9 Å². The molecule has 2 aliphatic rings. The number of benzene rings is 1. The zero-order chi connectivity index (χ0) is 26.4. The third-order valence-corrected chi connectivity index (χ3v) is 7.48. The zero-order valence-corrected chi connectivity index (χ0v) is 25.3. The summed E-state index contributed by atoms with van der Waals surface area (Å²) in [6.45, 7) is 9.28. The van der Waals surface area contributed by atoms with Crippen LogP contribution in [0.5, 0.6) is 5.75 Å². The number of likely N-dealkylation sites (tertiary alicyclic amines) is 1. The van der Waals surface area contributed by atoms with Crippen LogP contribution in [0.4, 0.5) is 0 Å². The SMILES string of the molecule is COCCCCn1c(C(=O)N(CC(C)C)[C@@H]2CNC[C@H](C(=O)N3CCCC3)C2)nc2ccc(OC)cc21.Cl.Cl. The summed E-state index contributed by atoms with van der Waals surface area (Å²) in [6.07, 6.45) is 4.62. The van der Waals surface area contributed by atoms with Crippen LogP contribution in [0, 0.1) is 11.8 Å². The Labute approximate surface area is 244 Å². The van der Waals surface area contributed by atoms with Gasteiger partial charge in [-0.1, -0.05) is 13.8 Å². The average Bonchev–Trinajstić information content (AvgIpc) is 3.57. The van der Waals surface area contributed by atoms with Gasteiger partial charge in [-0.15, -0.1) is 24.8 Å². The fourth-order valence-corrected chi connectivity index (χ4v) is 5.60. The topological polar surface area (TPSA) is 88.9 Å². The molecule has 4 rings (SSSR count). The minimum Gasteiger partial charge on any atom is -0.497 e. The molecule has 220 valence electrons. The normalized spacial score (nSPS) is 19.1. The van der Waals surface area contributed by atoms with E-state index in [1.807, 2.05) is 32.6 Å². The first-order valence-electron chi connectivity index (χ1n) is 13.8. The number of nitrogens with one attached hydrogen (secondary N) is 1. The van der Waals surface area contributed by atoms with Crippen LogP contribution in [0.3, 0.4) is 0 Å². The van der Waals surface area contributed by atoms with Gasteiger partial charge in [0.15, 0.2) is 5.82 Å². The highest BCUT2D eigenvalue weighted by Gasteiger charge is 2.37. The monoisotopic (exact) mass is 585 g/mol. The molecular formula is C28H45Cl2N5O4. The third kappa shape index (κ3) is 7.99. The molecule has 0 saturated carbocycles. The van der Waals surface area contributed by atoms with Crippen LogP contribution < -0.4 is 10.1 Å². The molecule has 1 N–H and O–H groups in total. The Bertz CT molecular complexity index is 1070. The second kappa shape index (κ2) is 15.6. The van der Waals surface area contributed by atoms with Crippen molar-refractivity contribution in [2.45, 2.75) is 58.5 Å². The Balaban J connectivity index is 0.00000267. The lowest BCUT2D eigenvalue weighted by Crippen LogP contribution is -2.55. The summed E-state index contributed by atoms with van der Waals surface area (Å²) in [7, 11) is 3.35. The van der Waals surface area contributed by atoms with Gasteiger partial charge in [0.2, 0.25) is 5.91 Å². The molecule has 9 nitrogen and oxygen atoms in total. The number of carbonyl (C=O) groups excluding carboxylic acids is 2. The number of imidazole rings is 1. The zero-order valence-electron chi connectivity index (χ0n) is 23.7. The molecule has 2 aromatic rings. The lowest BCUT2D eigenvalue weighted by molar-refractivity contribution is -0.135. The Kier molecular flexibility index (Phi) is 13.3. The number of hydrogen-bond acceptors (Lipinski definition) is 6. The van der Waals surface area contributed by atoms with Gasteiger partial charge in [0.25, 0.3) is 5.91 Å². The number of fused-ring (bicyclic) bond motifs is 1. The lowest BCUT2D eigenvalue weighted by atomic mass is 9.92. The van der Waals surface area contributed by atoms with Gasteiger partial charge >= 0.3 is 0 Å². The molecule has 39 heavy (non-hydrogen) atoms. The fourth-order valence-electron chi connectivity index (χ4n) is 5.60. The highest BCUT2D eigenvalue weighted by atomic mass is 35.5. The van der Waals surface area contributed by atoms with Gasteiger partial charge in [-0.05, 0) is 50.2 Å². The molecule has 0 aliphatic carbocycles. The van der Waals surface area contributed by atoms with E-state index in [2.05, 4.69) is 19.2 Å². The number of hydrogen-bond donors (Lipinski definition) is 1. The number of aryl methyl sites for hydroxylation is 1. The number of methoxy groups -OCH3 is 2. The van der Waals surface area contributed by atoms with Crippen molar-refractivity contribution < 1.29 is 19.1 Å². The van der Waals surface area contributed by atoms with Crippen molar-refractivity contribution >= 4 is 47.7 Å². The Morgan fingerprint density at radius 2 is 1.87 bits per heavy atom. The van der Waals surface area contributed by atoms with Gasteiger partial charge < -0.3 is 29.2 Å². The number of halogens is 2. The first kappa shape index (κ1) is 33.1. The second-order valence-electron chi connectivity index (χ2n) is 10.8. The first-order chi connectivity index (χ1) is 17.9. The largest absolute Gasteiger partial charge is 0.497 e. The van der Waals surface area contributed by atoms with E-state index in [4.69, 9.17) is 14.5 Å². The van der Waals surface area contributed by atoms with Crippen LogP contribution in [-0.4, -0.2) is 90.8 Å². The van der Waals surface area contributed by atoms with E-state index in [-0.39, 0.29) is 48.6 Å². The van der Waals surface area contributed by atoms with E-state index >= 15 is 0 Å². The van der Waals surface area contributed by atoms with Gasteiger partial charge in [0.1, 0.15) is 5.75 Å². The van der Waals surface area contributed by atoms with Crippen molar-refractivity contribution in [2.24, 2.45) is 11.8 Å². The van der Waals surface area contributed by atoms with Gasteiger partial charge in [-0.3, -0.25) is 9.59 Å². The molecule has 0 bridgehead atoms. The predicted molar refractivity (Wildman–Crippen MR) is 158 cm³/mol. The highest BCUT2D eigenvalue weighted by Crippen LogP contribution is 2.26. The summed E-state index contributed by atoms with van der Waals surface area (Å²) >= 11 is 0. The number of carbonyl (C=O) groups is 2. The maximum atomic E-state index is 14.2. The number of piperidine rings is 1. The number of amides is 2. The van der Waals surface area contributed by atoms with Crippen LogP contribution in [0.15, 0.2) is 18.2 Å². The summed E-state index contributed by atoms with van der Waals surface area (Å²) in [5.41, 5.74) is 1.68. The molecule has 1 aromatic heterocycles. The van der Waals surface area contributed by atoms with Crippen molar-refractivity contribution in [3.63, 3.8) is 0 Å². The summed E-state index contributed by atoms with van der Waals surface area (Å²) in [6, 6.07) is 5.69. The van der Waals surface area contributed by atoms with Crippen molar-refractivity contribution in [1.82, 2.24) is 24.7 Å². The molecule has 0 unspecified atom stereocenters. The maximum absolute atomic E-state index is 14.2. The van der Waals surface area contributed by atoms with Crippen LogP contribution >= 0.6 is 24.8 Å². The summed E-state index contributed by atoms with van der Waals surface area (Å²) < 4.78 is 12.7. The van der Waals surface area contributed by atoms with E-state index in [9.17, 15) is 9.59 Å². The smallest absolute Gasteiger partial charge is 0.290 e. The lowest BCUT2D eigenvalue weighted by Gasteiger charge is -2.39. The Morgan fingerprint density at radius 1 is 1.13 bits per heavy atom. The minimum absolute atomic E-state index is 0. The summed E-state index contributed by atoms with van der Waals surface area (Å²) in [5.74, 6) is 1.54. The predicted octanol–water partition coefficient (Wildman–Crippen LogP) is 4.01. The van der Waals surface area contributed by atoms with E-state index < -0.39 is 0 Å². The second-order valence-corrected chi connectivity index (χ2v) is 10.8. The van der Waals surface area contributed by atoms with Gasteiger partial charge in [0.05, 0.1) is 24.1 Å². The third-order valence-electron chi connectivity index (χ3n) is 7.48. The molecular weight excluding hydrogens is 541 g/mol. The standard InChI is InChI=1S/C28H43N5O4.2ClH/c1-20(2)19-33(22-15-21(17-29-18-22)27(34)31-11-5-6-12-31)28(35)26-30-24-10-9-23(37-4)16-25(24)32(26)13-7-8-14-36-3;;/h9-10,16,20-22,29H,5-8,11-15,17-19H2,1-4H3;2*1H/t21-,22+;;/m1../s1. The minimum atomic E-state index is -0.101. The fraction of sp³-hybridized carbons (Fsp3) is 0.679. The molecule has 2 aliphatic heterocycles.